The normalized spacial score (nSPS) is 17.9. The average Bonchev–Trinajstić information content (AvgIpc) is 3.34. The molecule has 1 aliphatic rings. The van der Waals surface area contributed by atoms with Gasteiger partial charge in [-0.2, -0.15) is 5.10 Å². The van der Waals surface area contributed by atoms with Crippen molar-refractivity contribution in [3.05, 3.63) is 84.2 Å². The number of hydrogen-bond donors (Lipinski definition) is 0. The first-order chi connectivity index (χ1) is 14.0. The van der Waals surface area contributed by atoms with E-state index in [9.17, 15) is 4.79 Å². The Morgan fingerprint density at radius 2 is 1.79 bits per heavy atom. The van der Waals surface area contributed by atoms with E-state index in [0.717, 1.165) is 11.4 Å². The molecule has 6 nitrogen and oxygen atoms in total. The number of ether oxygens (including phenoxy) is 2. The molecule has 6 heteroatoms. The summed E-state index contributed by atoms with van der Waals surface area (Å²) < 4.78 is 13.5. The highest BCUT2D eigenvalue weighted by Crippen LogP contribution is 2.24. The highest BCUT2D eigenvalue weighted by molar-refractivity contribution is 5.94. The Labute approximate surface area is 170 Å². The van der Waals surface area contributed by atoms with Gasteiger partial charge in [0.05, 0.1) is 31.1 Å². The van der Waals surface area contributed by atoms with Crippen LogP contribution in [0.1, 0.15) is 29.9 Å². The molecule has 3 aromatic rings. The molecule has 4 rings (SSSR count). The summed E-state index contributed by atoms with van der Waals surface area (Å²) in [5, 5.41) is 4.45. The van der Waals surface area contributed by atoms with Crippen molar-refractivity contribution in [2.45, 2.75) is 32.3 Å². The minimum atomic E-state index is -0.627. The number of para-hydroxylation sites is 1. The lowest BCUT2D eigenvalue weighted by Crippen LogP contribution is -2.39. The fourth-order valence-electron chi connectivity index (χ4n) is 3.53. The molecule has 2 heterocycles. The van der Waals surface area contributed by atoms with E-state index in [1.807, 2.05) is 85.3 Å². The van der Waals surface area contributed by atoms with Crippen LogP contribution in [0.5, 0.6) is 0 Å². The Hall–Kier alpha value is -2.96. The van der Waals surface area contributed by atoms with Crippen LogP contribution in [0.2, 0.25) is 0 Å². The Morgan fingerprint density at radius 1 is 1.10 bits per heavy atom. The van der Waals surface area contributed by atoms with E-state index in [4.69, 9.17) is 9.47 Å². The predicted octanol–water partition coefficient (Wildman–Crippen LogP) is 3.67. The van der Waals surface area contributed by atoms with Gasteiger partial charge in [0, 0.05) is 11.8 Å². The molecular weight excluding hydrogens is 366 g/mol. The van der Waals surface area contributed by atoms with Crippen LogP contribution in [0.25, 0.3) is 5.69 Å². The van der Waals surface area contributed by atoms with Gasteiger partial charge in [0.15, 0.2) is 5.79 Å². The fraction of sp³-hybridized carbons (Fsp3) is 0.304. The van der Waals surface area contributed by atoms with E-state index in [2.05, 4.69) is 5.10 Å². The monoisotopic (exact) mass is 391 g/mol. The molecule has 0 aliphatic carbocycles. The topological polar surface area (TPSA) is 56.6 Å². The van der Waals surface area contributed by atoms with Crippen LogP contribution in [-0.2, 0) is 16.0 Å². The molecule has 1 atom stereocenters. The Kier molecular flexibility index (Phi) is 5.47. The minimum absolute atomic E-state index is 0.0419. The third kappa shape index (κ3) is 4.55. The first-order valence-corrected chi connectivity index (χ1v) is 9.76. The third-order valence-electron chi connectivity index (χ3n) is 4.87. The number of benzene rings is 2. The zero-order valence-electron chi connectivity index (χ0n) is 16.7. The SMILES string of the molecule is CC1(C)OC[C@H](CN(Cc2ccnn2-c2ccccc2)C(=O)c2ccccc2)O1. The van der Waals surface area contributed by atoms with Gasteiger partial charge in [-0.05, 0) is 44.2 Å². The molecule has 0 unspecified atom stereocenters. The second-order valence-electron chi connectivity index (χ2n) is 7.57. The lowest BCUT2D eigenvalue weighted by Gasteiger charge is -2.26. The summed E-state index contributed by atoms with van der Waals surface area (Å²) in [6.07, 6.45) is 1.58. The molecule has 0 N–H and O–H groups in total. The van der Waals surface area contributed by atoms with Crippen LogP contribution in [0, 0.1) is 0 Å². The number of hydrogen-bond acceptors (Lipinski definition) is 4. The van der Waals surface area contributed by atoms with Crippen molar-refractivity contribution in [3.63, 3.8) is 0 Å². The summed E-state index contributed by atoms with van der Waals surface area (Å²) in [5.41, 5.74) is 2.54. The summed E-state index contributed by atoms with van der Waals surface area (Å²) in [4.78, 5) is 15.1. The van der Waals surface area contributed by atoms with Gasteiger partial charge < -0.3 is 14.4 Å². The quantitative estimate of drug-likeness (QED) is 0.643. The van der Waals surface area contributed by atoms with E-state index >= 15 is 0 Å². The van der Waals surface area contributed by atoms with Gasteiger partial charge in [0.25, 0.3) is 5.91 Å². The van der Waals surface area contributed by atoms with Crippen molar-refractivity contribution in [2.75, 3.05) is 13.2 Å². The van der Waals surface area contributed by atoms with Crippen LogP contribution < -0.4 is 0 Å². The van der Waals surface area contributed by atoms with Crippen molar-refractivity contribution in [1.82, 2.24) is 14.7 Å². The third-order valence-corrected chi connectivity index (χ3v) is 4.87. The van der Waals surface area contributed by atoms with E-state index in [0.29, 0.717) is 25.3 Å². The predicted molar refractivity (Wildman–Crippen MR) is 110 cm³/mol. The van der Waals surface area contributed by atoms with Gasteiger partial charge in [0.2, 0.25) is 0 Å². The average molecular weight is 391 g/mol. The number of carbonyl (C=O) groups is 1. The zero-order valence-corrected chi connectivity index (χ0v) is 16.7. The number of aromatic nitrogens is 2. The fourth-order valence-corrected chi connectivity index (χ4v) is 3.53. The van der Waals surface area contributed by atoms with E-state index in [-0.39, 0.29) is 12.0 Å². The molecule has 1 amide bonds. The molecular formula is C23H25N3O3. The maximum atomic E-state index is 13.3. The van der Waals surface area contributed by atoms with Gasteiger partial charge in [-0.3, -0.25) is 4.79 Å². The molecule has 1 fully saturated rings. The first kappa shape index (κ1) is 19.4. The van der Waals surface area contributed by atoms with Crippen LogP contribution in [-0.4, -0.2) is 45.6 Å². The zero-order chi connectivity index (χ0) is 20.3. The van der Waals surface area contributed by atoms with Crippen molar-refractivity contribution in [3.8, 4) is 5.69 Å². The second kappa shape index (κ2) is 8.19. The Morgan fingerprint density at radius 3 is 2.45 bits per heavy atom. The Bertz CT molecular complexity index is 954. The Balaban J connectivity index is 1.59. The minimum Gasteiger partial charge on any atom is -0.348 e. The van der Waals surface area contributed by atoms with E-state index in [1.165, 1.54) is 0 Å². The molecule has 0 spiro atoms. The van der Waals surface area contributed by atoms with Crippen LogP contribution >= 0.6 is 0 Å². The standard InChI is InChI=1S/C23H25N3O3/c1-23(2)28-17-21(29-23)16-25(22(27)18-9-5-3-6-10-18)15-20-13-14-24-26(20)19-11-7-4-8-12-19/h3-14,21H,15-17H2,1-2H3/t21-/m0/s1. The largest absolute Gasteiger partial charge is 0.348 e. The van der Waals surface area contributed by atoms with Gasteiger partial charge in [-0.15, -0.1) is 0 Å². The van der Waals surface area contributed by atoms with Crippen molar-refractivity contribution >= 4 is 5.91 Å². The maximum absolute atomic E-state index is 13.3. The molecule has 1 aromatic heterocycles. The molecule has 2 aromatic carbocycles. The smallest absolute Gasteiger partial charge is 0.254 e. The van der Waals surface area contributed by atoms with Gasteiger partial charge in [-0.25, -0.2) is 4.68 Å². The summed E-state index contributed by atoms with van der Waals surface area (Å²) in [6, 6.07) is 21.2. The lowest BCUT2D eigenvalue weighted by atomic mass is 10.2. The number of amides is 1. The van der Waals surface area contributed by atoms with Gasteiger partial charge in [0.1, 0.15) is 6.10 Å². The molecule has 0 bridgehead atoms. The highest BCUT2D eigenvalue weighted by atomic mass is 16.7. The number of rotatable bonds is 6. The summed E-state index contributed by atoms with van der Waals surface area (Å²) in [7, 11) is 0. The molecule has 0 radical (unpaired) electrons. The molecule has 1 saturated heterocycles. The van der Waals surface area contributed by atoms with E-state index < -0.39 is 5.79 Å². The molecule has 29 heavy (non-hydrogen) atoms. The van der Waals surface area contributed by atoms with Gasteiger partial charge in [-0.1, -0.05) is 36.4 Å². The van der Waals surface area contributed by atoms with Crippen molar-refractivity contribution in [2.24, 2.45) is 0 Å². The number of carbonyl (C=O) groups excluding carboxylic acids is 1. The van der Waals surface area contributed by atoms with Crippen molar-refractivity contribution < 1.29 is 14.3 Å². The second-order valence-corrected chi connectivity index (χ2v) is 7.57. The highest BCUT2D eigenvalue weighted by Gasteiger charge is 2.34. The molecule has 150 valence electrons. The van der Waals surface area contributed by atoms with E-state index in [1.54, 1.807) is 11.1 Å². The first-order valence-electron chi connectivity index (χ1n) is 9.76. The molecule has 1 aliphatic heterocycles. The number of nitrogens with zero attached hydrogens (tertiary/aromatic N) is 3. The summed E-state index contributed by atoms with van der Waals surface area (Å²) in [5.74, 6) is -0.669. The van der Waals surface area contributed by atoms with Crippen LogP contribution in [0.4, 0.5) is 0 Å². The maximum Gasteiger partial charge on any atom is 0.254 e. The summed E-state index contributed by atoms with van der Waals surface area (Å²) >= 11 is 0. The van der Waals surface area contributed by atoms with Crippen LogP contribution in [0.3, 0.4) is 0 Å². The molecule has 0 saturated carbocycles. The van der Waals surface area contributed by atoms with Gasteiger partial charge >= 0.3 is 0 Å². The van der Waals surface area contributed by atoms with Crippen LogP contribution in [0.15, 0.2) is 72.9 Å². The summed E-state index contributed by atoms with van der Waals surface area (Å²) in [6.45, 7) is 5.10. The lowest BCUT2D eigenvalue weighted by molar-refractivity contribution is -0.139. The van der Waals surface area contributed by atoms with Crippen molar-refractivity contribution in [1.29, 1.82) is 0 Å².